The molecule has 2 aromatic carbocycles. The van der Waals surface area contributed by atoms with Crippen LogP contribution < -0.4 is 9.62 Å². The Morgan fingerprint density at radius 3 is 2.68 bits per heavy atom. The number of para-hydroxylation sites is 2. The summed E-state index contributed by atoms with van der Waals surface area (Å²) < 4.78 is 26.5. The lowest BCUT2D eigenvalue weighted by Gasteiger charge is -2.19. The molecule has 1 aliphatic heterocycles. The summed E-state index contributed by atoms with van der Waals surface area (Å²) in [6.07, 6.45) is 0.512. The van der Waals surface area contributed by atoms with Gasteiger partial charge in [0, 0.05) is 13.0 Å². The van der Waals surface area contributed by atoms with Gasteiger partial charge in [0.15, 0.2) is 0 Å². The first-order valence-electron chi connectivity index (χ1n) is 7.88. The smallest absolute Gasteiger partial charge is 0.235 e. The average Bonchev–Trinajstić information content (AvgIpc) is 3.05. The van der Waals surface area contributed by atoms with Crippen molar-refractivity contribution in [1.82, 2.24) is 0 Å². The fourth-order valence-corrected chi connectivity index (χ4v) is 4.34. The van der Waals surface area contributed by atoms with Crippen LogP contribution in [0.15, 0.2) is 48.5 Å². The number of nitrogens with one attached hydrogen (secondary N) is 1. The molecule has 6 nitrogen and oxygen atoms in total. The van der Waals surface area contributed by atoms with Gasteiger partial charge in [-0.3, -0.25) is 9.10 Å². The molecular formula is C18H17N3O3S. The predicted molar refractivity (Wildman–Crippen MR) is 95.7 cm³/mol. The normalized spacial score (nSPS) is 13.2. The maximum absolute atomic E-state index is 12.6. The number of benzene rings is 2. The van der Waals surface area contributed by atoms with Crippen molar-refractivity contribution in [3.05, 3.63) is 59.7 Å². The number of carbonyl (C=O) groups excluding carboxylic acids is 1. The summed E-state index contributed by atoms with van der Waals surface area (Å²) in [6.45, 7) is 0.403. The van der Waals surface area contributed by atoms with E-state index in [1.165, 1.54) is 4.31 Å². The van der Waals surface area contributed by atoms with Gasteiger partial charge in [-0.1, -0.05) is 30.3 Å². The zero-order valence-corrected chi connectivity index (χ0v) is 14.3. The van der Waals surface area contributed by atoms with Gasteiger partial charge in [-0.05, 0) is 30.2 Å². The minimum Gasteiger partial charge on any atom is -0.325 e. The summed E-state index contributed by atoms with van der Waals surface area (Å²) in [5.74, 6) is -0.708. The van der Waals surface area contributed by atoms with Gasteiger partial charge in [0.2, 0.25) is 15.9 Å². The van der Waals surface area contributed by atoms with E-state index in [9.17, 15) is 13.2 Å². The number of rotatable bonds is 5. The van der Waals surface area contributed by atoms with Crippen LogP contribution in [0.5, 0.6) is 0 Å². The van der Waals surface area contributed by atoms with Crippen LogP contribution in [0, 0.1) is 11.3 Å². The second-order valence-corrected chi connectivity index (χ2v) is 7.74. The second-order valence-electron chi connectivity index (χ2n) is 5.72. The highest BCUT2D eigenvalue weighted by Gasteiger charge is 2.29. The number of nitrogens with zero attached hydrogens (tertiary/aromatic N) is 2. The summed E-state index contributed by atoms with van der Waals surface area (Å²) in [7, 11) is -3.57. The molecule has 1 heterocycles. The summed E-state index contributed by atoms with van der Waals surface area (Å²) >= 11 is 0. The Hall–Kier alpha value is -2.85. The van der Waals surface area contributed by atoms with E-state index in [0.29, 0.717) is 29.9 Å². The van der Waals surface area contributed by atoms with Crippen molar-refractivity contribution >= 4 is 27.3 Å². The van der Waals surface area contributed by atoms with Crippen LogP contribution in [0.2, 0.25) is 0 Å². The van der Waals surface area contributed by atoms with Gasteiger partial charge in [0.05, 0.1) is 22.7 Å². The zero-order valence-electron chi connectivity index (χ0n) is 13.5. The lowest BCUT2D eigenvalue weighted by Crippen LogP contribution is -2.32. The molecule has 2 aromatic rings. The van der Waals surface area contributed by atoms with E-state index >= 15 is 0 Å². The maximum atomic E-state index is 12.6. The molecule has 0 atom stereocenters. The van der Waals surface area contributed by atoms with Crippen molar-refractivity contribution in [2.45, 2.75) is 12.8 Å². The Morgan fingerprint density at radius 2 is 1.88 bits per heavy atom. The number of carbonyl (C=O) groups is 1. The van der Waals surface area contributed by atoms with E-state index < -0.39 is 15.9 Å². The third kappa shape index (κ3) is 3.64. The first kappa shape index (κ1) is 17.0. The molecule has 0 bridgehead atoms. The topological polar surface area (TPSA) is 90.3 Å². The molecular weight excluding hydrogens is 338 g/mol. The van der Waals surface area contributed by atoms with Gasteiger partial charge in [-0.25, -0.2) is 8.42 Å². The Balaban J connectivity index is 1.65. The van der Waals surface area contributed by atoms with Crippen LogP contribution in [0.4, 0.5) is 11.4 Å². The summed E-state index contributed by atoms with van der Waals surface area (Å²) in [6, 6.07) is 16.0. The highest BCUT2D eigenvalue weighted by molar-refractivity contribution is 7.92. The molecule has 3 rings (SSSR count). The van der Waals surface area contributed by atoms with E-state index in [-0.39, 0.29) is 12.2 Å². The molecule has 1 N–H and O–H groups in total. The SMILES string of the molecule is N#Cc1ccccc1NC(=O)CCS(=O)(=O)N1CCc2ccccc21. The van der Waals surface area contributed by atoms with E-state index in [1.54, 1.807) is 36.4 Å². The Labute approximate surface area is 146 Å². The predicted octanol–water partition coefficient (Wildman–Crippen LogP) is 2.28. The molecule has 1 amide bonds. The van der Waals surface area contributed by atoms with E-state index in [2.05, 4.69) is 5.32 Å². The highest BCUT2D eigenvalue weighted by atomic mass is 32.2. The summed E-state index contributed by atoms with van der Waals surface area (Å²) in [4.78, 5) is 12.1. The van der Waals surface area contributed by atoms with Gasteiger partial charge in [0.25, 0.3) is 0 Å². The third-order valence-electron chi connectivity index (χ3n) is 4.09. The fourth-order valence-electron chi connectivity index (χ4n) is 2.83. The molecule has 0 spiro atoms. The fraction of sp³-hybridized carbons (Fsp3) is 0.222. The van der Waals surface area contributed by atoms with E-state index in [4.69, 9.17) is 5.26 Å². The number of amides is 1. The Morgan fingerprint density at radius 1 is 1.16 bits per heavy atom. The Kier molecular flexibility index (Phi) is 4.72. The van der Waals surface area contributed by atoms with Crippen molar-refractivity contribution in [3.63, 3.8) is 0 Å². The minimum absolute atomic E-state index is 0.166. The number of hydrogen-bond donors (Lipinski definition) is 1. The number of nitriles is 1. The molecule has 0 aliphatic carbocycles. The molecule has 0 fully saturated rings. The molecule has 128 valence electrons. The quantitative estimate of drug-likeness (QED) is 0.891. The highest BCUT2D eigenvalue weighted by Crippen LogP contribution is 2.30. The van der Waals surface area contributed by atoms with Gasteiger partial charge in [-0.15, -0.1) is 0 Å². The molecule has 0 radical (unpaired) electrons. The monoisotopic (exact) mass is 355 g/mol. The molecule has 1 aliphatic rings. The molecule has 0 saturated heterocycles. The molecule has 7 heteroatoms. The van der Waals surface area contributed by atoms with Crippen molar-refractivity contribution in [2.24, 2.45) is 0 Å². The van der Waals surface area contributed by atoms with E-state index in [1.807, 2.05) is 18.2 Å². The average molecular weight is 355 g/mol. The Bertz CT molecular complexity index is 948. The van der Waals surface area contributed by atoms with Gasteiger partial charge in [0.1, 0.15) is 6.07 Å². The number of anilines is 2. The van der Waals surface area contributed by atoms with E-state index in [0.717, 1.165) is 5.56 Å². The lowest BCUT2D eigenvalue weighted by atomic mass is 10.2. The summed E-state index contributed by atoms with van der Waals surface area (Å²) in [5.41, 5.74) is 2.42. The van der Waals surface area contributed by atoms with Crippen molar-refractivity contribution in [2.75, 3.05) is 21.9 Å². The van der Waals surface area contributed by atoms with Gasteiger partial charge < -0.3 is 5.32 Å². The number of hydrogen-bond acceptors (Lipinski definition) is 4. The lowest BCUT2D eigenvalue weighted by molar-refractivity contribution is -0.115. The molecule has 25 heavy (non-hydrogen) atoms. The van der Waals surface area contributed by atoms with Gasteiger partial charge >= 0.3 is 0 Å². The van der Waals surface area contributed by atoms with Crippen LogP contribution in [0.3, 0.4) is 0 Å². The van der Waals surface area contributed by atoms with Crippen molar-refractivity contribution in [1.29, 1.82) is 5.26 Å². The zero-order chi connectivity index (χ0) is 17.9. The van der Waals surface area contributed by atoms with Crippen molar-refractivity contribution < 1.29 is 13.2 Å². The third-order valence-corrected chi connectivity index (χ3v) is 5.86. The maximum Gasteiger partial charge on any atom is 0.235 e. The van der Waals surface area contributed by atoms with Crippen LogP contribution in [-0.2, 0) is 21.2 Å². The largest absolute Gasteiger partial charge is 0.325 e. The van der Waals surface area contributed by atoms with Crippen molar-refractivity contribution in [3.8, 4) is 6.07 Å². The first-order chi connectivity index (χ1) is 12.0. The van der Waals surface area contributed by atoms with Crippen LogP contribution in [0.25, 0.3) is 0 Å². The molecule has 0 aromatic heterocycles. The number of fused-ring (bicyclic) bond motifs is 1. The first-order valence-corrected chi connectivity index (χ1v) is 9.49. The minimum atomic E-state index is -3.57. The van der Waals surface area contributed by atoms with Crippen LogP contribution in [0.1, 0.15) is 17.5 Å². The number of sulfonamides is 1. The van der Waals surface area contributed by atoms with Gasteiger partial charge in [-0.2, -0.15) is 5.26 Å². The summed E-state index contributed by atoms with van der Waals surface area (Å²) in [5, 5.41) is 11.6. The standard InChI is InChI=1S/C18H17N3O3S/c19-13-15-6-1-3-7-16(15)20-18(22)10-12-25(23,24)21-11-9-14-5-2-4-8-17(14)21/h1-8H,9-12H2,(H,20,22). The molecule has 0 saturated carbocycles. The molecule has 0 unspecified atom stereocenters. The van der Waals surface area contributed by atoms with Crippen LogP contribution >= 0.6 is 0 Å². The second kappa shape index (κ2) is 6.95. The van der Waals surface area contributed by atoms with Crippen LogP contribution in [-0.4, -0.2) is 26.6 Å².